The van der Waals surface area contributed by atoms with E-state index in [1.807, 2.05) is 39.8 Å². The molecule has 0 radical (unpaired) electrons. The Morgan fingerprint density at radius 3 is 2.38 bits per heavy atom. The van der Waals surface area contributed by atoms with Gasteiger partial charge in [0.1, 0.15) is 0 Å². The first-order valence-corrected chi connectivity index (χ1v) is 11.2. The molecule has 0 saturated carbocycles. The number of rotatable bonds is 5. The Hall–Kier alpha value is -2.22. The van der Waals surface area contributed by atoms with Gasteiger partial charge in [0.05, 0.1) is 24.2 Å². The van der Waals surface area contributed by atoms with Gasteiger partial charge in [-0.15, -0.1) is 0 Å². The number of benzene rings is 2. The standard InChI is InChI=1S/C22H28N2O4S/c1-15-5-8-20(17(3)13-15)18(4)23-22(25)21-14-19(7-6-16(21)2)29(26,27)24-9-11-28-12-10-24/h5-8,13-14,18H,9-12H2,1-4H3,(H,23,25)/t18-/m0/s1. The van der Waals surface area contributed by atoms with E-state index in [0.717, 1.165) is 16.7 Å². The molecule has 2 aromatic carbocycles. The molecule has 3 rings (SSSR count). The first-order valence-electron chi connectivity index (χ1n) is 9.76. The molecule has 1 aliphatic rings. The molecule has 1 amide bonds. The lowest BCUT2D eigenvalue weighted by Crippen LogP contribution is -2.40. The highest BCUT2D eigenvalue weighted by Crippen LogP contribution is 2.23. The topological polar surface area (TPSA) is 75.7 Å². The third-order valence-electron chi connectivity index (χ3n) is 5.30. The van der Waals surface area contributed by atoms with Gasteiger partial charge in [0.15, 0.2) is 0 Å². The average Bonchev–Trinajstić information content (AvgIpc) is 2.68. The largest absolute Gasteiger partial charge is 0.379 e. The van der Waals surface area contributed by atoms with Crippen molar-refractivity contribution < 1.29 is 17.9 Å². The number of carbonyl (C=O) groups excluding carboxylic acids is 1. The smallest absolute Gasteiger partial charge is 0.252 e. The number of nitrogens with zero attached hydrogens (tertiary/aromatic N) is 1. The molecule has 1 atom stereocenters. The van der Waals surface area contributed by atoms with Crippen molar-refractivity contribution in [2.75, 3.05) is 26.3 Å². The van der Waals surface area contributed by atoms with Crippen LogP contribution in [-0.4, -0.2) is 44.9 Å². The SMILES string of the molecule is Cc1ccc([C@H](C)NC(=O)c2cc(S(=O)(=O)N3CCOCC3)ccc2C)c(C)c1. The van der Waals surface area contributed by atoms with Gasteiger partial charge >= 0.3 is 0 Å². The van der Waals surface area contributed by atoms with Crippen molar-refractivity contribution in [3.63, 3.8) is 0 Å². The first kappa shape index (κ1) is 21.5. The summed E-state index contributed by atoms with van der Waals surface area (Å²) < 4.78 is 32.5. The molecule has 29 heavy (non-hydrogen) atoms. The molecule has 2 aromatic rings. The number of aryl methyl sites for hydroxylation is 3. The third kappa shape index (κ3) is 4.69. The van der Waals surface area contributed by atoms with Gasteiger partial charge in [-0.05, 0) is 56.5 Å². The molecule has 1 heterocycles. The van der Waals surface area contributed by atoms with Crippen molar-refractivity contribution >= 4 is 15.9 Å². The van der Waals surface area contributed by atoms with Crippen LogP contribution < -0.4 is 5.32 Å². The van der Waals surface area contributed by atoms with Crippen molar-refractivity contribution in [2.24, 2.45) is 0 Å². The zero-order valence-corrected chi connectivity index (χ0v) is 18.2. The minimum Gasteiger partial charge on any atom is -0.379 e. The van der Waals surface area contributed by atoms with Crippen LogP contribution in [0.2, 0.25) is 0 Å². The molecule has 1 aliphatic heterocycles. The van der Waals surface area contributed by atoms with Crippen LogP contribution in [0, 0.1) is 20.8 Å². The maximum absolute atomic E-state index is 12.9. The molecule has 156 valence electrons. The molecule has 0 spiro atoms. The summed E-state index contributed by atoms with van der Waals surface area (Å²) in [4.78, 5) is 13.1. The first-order chi connectivity index (χ1) is 13.7. The number of sulfonamides is 1. The van der Waals surface area contributed by atoms with Gasteiger partial charge in [-0.1, -0.05) is 29.8 Å². The molecule has 6 nitrogen and oxygen atoms in total. The molecule has 1 saturated heterocycles. The van der Waals surface area contributed by atoms with Crippen molar-refractivity contribution in [2.45, 2.75) is 38.6 Å². The van der Waals surface area contributed by atoms with Crippen molar-refractivity contribution in [1.82, 2.24) is 9.62 Å². The van der Waals surface area contributed by atoms with Crippen LogP contribution in [0.15, 0.2) is 41.3 Å². The highest BCUT2D eigenvalue weighted by atomic mass is 32.2. The Balaban J connectivity index is 1.84. The lowest BCUT2D eigenvalue weighted by Gasteiger charge is -2.26. The fourth-order valence-corrected chi connectivity index (χ4v) is 5.04. The second kappa shape index (κ2) is 8.65. The van der Waals surface area contributed by atoms with E-state index in [1.54, 1.807) is 12.1 Å². The Kier molecular flexibility index (Phi) is 6.41. The number of hydrogen-bond acceptors (Lipinski definition) is 4. The normalized spacial score (nSPS) is 16.4. The molecule has 1 N–H and O–H groups in total. The number of nitrogens with one attached hydrogen (secondary N) is 1. The van der Waals surface area contributed by atoms with E-state index in [4.69, 9.17) is 4.74 Å². The van der Waals surface area contributed by atoms with Crippen molar-refractivity contribution in [3.8, 4) is 0 Å². The van der Waals surface area contributed by atoms with Gasteiger partial charge in [0.2, 0.25) is 10.0 Å². The zero-order valence-electron chi connectivity index (χ0n) is 17.4. The van der Waals surface area contributed by atoms with Crippen LogP contribution in [-0.2, 0) is 14.8 Å². The maximum Gasteiger partial charge on any atom is 0.252 e. The highest BCUT2D eigenvalue weighted by Gasteiger charge is 2.27. The predicted molar refractivity (Wildman–Crippen MR) is 113 cm³/mol. The summed E-state index contributed by atoms with van der Waals surface area (Å²) in [5.41, 5.74) is 4.42. The Morgan fingerprint density at radius 1 is 1.03 bits per heavy atom. The van der Waals surface area contributed by atoms with E-state index in [9.17, 15) is 13.2 Å². The summed E-state index contributed by atoms with van der Waals surface area (Å²) in [5.74, 6) is -0.283. The summed E-state index contributed by atoms with van der Waals surface area (Å²) >= 11 is 0. The van der Waals surface area contributed by atoms with Crippen LogP contribution in [0.4, 0.5) is 0 Å². The van der Waals surface area contributed by atoms with Gasteiger partial charge in [0.25, 0.3) is 5.91 Å². The van der Waals surface area contributed by atoms with E-state index >= 15 is 0 Å². The van der Waals surface area contributed by atoms with Crippen molar-refractivity contribution in [3.05, 3.63) is 64.2 Å². The molecule has 0 unspecified atom stereocenters. The fraction of sp³-hybridized carbons (Fsp3) is 0.409. The average molecular weight is 417 g/mol. The van der Waals surface area contributed by atoms with Crippen LogP contribution in [0.25, 0.3) is 0 Å². The van der Waals surface area contributed by atoms with Gasteiger partial charge in [-0.25, -0.2) is 8.42 Å². The molecular weight excluding hydrogens is 388 g/mol. The summed E-state index contributed by atoms with van der Waals surface area (Å²) in [7, 11) is -3.65. The summed E-state index contributed by atoms with van der Waals surface area (Å²) in [6.45, 7) is 9.19. The minimum absolute atomic E-state index is 0.134. The molecule has 0 bridgehead atoms. The minimum atomic E-state index is -3.65. The maximum atomic E-state index is 12.9. The van der Waals surface area contributed by atoms with Gasteiger partial charge in [0, 0.05) is 18.7 Å². The number of ether oxygens (including phenoxy) is 1. The highest BCUT2D eigenvalue weighted by molar-refractivity contribution is 7.89. The van der Waals surface area contributed by atoms with Gasteiger partial charge < -0.3 is 10.1 Å². The number of carbonyl (C=O) groups is 1. The Labute approximate surface area is 172 Å². The summed E-state index contributed by atoms with van der Waals surface area (Å²) in [6, 6.07) is 10.6. The van der Waals surface area contributed by atoms with E-state index in [2.05, 4.69) is 11.4 Å². The lowest BCUT2D eigenvalue weighted by atomic mass is 9.99. The van der Waals surface area contributed by atoms with Gasteiger partial charge in [-0.3, -0.25) is 4.79 Å². The molecule has 7 heteroatoms. The zero-order chi connectivity index (χ0) is 21.2. The monoisotopic (exact) mass is 416 g/mol. The lowest BCUT2D eigenvalue weighted by molar-refractivity contribution is 0.0730. The number of morpholine rings is 1. The Bertz CT molecular complexity index is 1010. The predicted octanol–water partition coefficient (Wildman–Crippen LogP) is 3.12. The van der Waals surface area contributed by atoms with E-state index < -0.39 is 10.0 Å². The second-order valence-corrected chi connectivity index (χ2v) is 9.49. The molecule has 0 aliphatic carbocycles. The van der Waals surface area contributed by atoms with Crippen LogP contribution in [0.3, 0.4) is 0 Å². The quantitative estimate of drug-likeness (QED) is 0.813. The molecule has 1 fully saturated rings. The third-order valence-corrected chi connectivity index (χ3v) is 7.20. The van der Waals surface area contributed by atoms with E-state index in [-0.39, 0.29) is 16.8 Å². The van der Waals surface area contributed by atoms with Crippen LogP contribution in [0.5, 0.6) is 0 Å². The van der Waals surface area contributed by atoms with E-state index in [1.165, 1.54) is 15.9 Å². The number of amides is 1. The second-order valence-electron chi connectivity index (χ2n) is 7.55. The summed E-state index contributed by atoms with van der Waals surface area (Å²) in [6.07, 6.45) is 0. The fourth-order valence-electron chi connectivity index (χ4n) is 3.61. The van der Waals surface area contributed by atoms with Crippen LogP contribution >= 0.6 is 0 Å². The van der Waals surface area contributed by atoms with Crippen LogP contribution in [0.1, 0.15) is 45.6 Å². The van der Waals surface area contributed by atoms with Gasteiger partial charge in [-0.2, -0.15) is 4.31 Å². The molecule has 0 aromatic heterocycles. The summed E-state index contributed by atoms with van der Waals surface area (Å²) in [5, 5.41) is 3.00. The molecular formula is C22H28N2O4S. The van der Waals surface area contributed by atoms with Crippen molar-refractivity contribution in [1.29, 1.82) is 0 Å². The number of hydrogen-bond donors (Lipinski definition) is 1. The van der Waals surface area contributed by atoms with E-state index in [0.29, 0.717) is 31.9 Å². The Morgan fingerprint density at radius 2 is 1.72 bits per heavy atom.